The molecule has 8 saturated carbocycles. The second-order valence-electron chi connectivity index (χ2n) is 18.0. The van der Waals surface area contributed by atoms with Gasteiger partial charge in [-0.1, -0.05) is 46.9 Å². The lowest BCUT2D eigenvalue weighted by atomic mass is 9.55. The van der Waals surface area contributed by atoms with Crippen LogP contribution in [0.5, 0.6) is 0 Å². The summed E-state index contributed by atoms with van der Waals surface area (Å²) in [5.41, 5.74) is 7.26. The van der Waals surface area contributed by atoms with E-state index in [0.717, 1.165) is 35.5 Å². The highest BCUT2D eigenvalue weighted by molar-refractivity contribution is 7.60. The van der Waals surface area contributed by atoms with Crippen LogP contribution in [-0.4, -0.2) is 20.3 Å². The van der Waals surface area contributed by atoms with Crippen LogP contribution in [0.4, 0.5) is 0 Å². The van der Waals surface area contributed by atoms with Crippen LogP contribution in [0.25, 0.3) is 0 Å². The number of aromatic amines is 2. The van der Waals surface area contributed by atoms with Gasteiger partial charge >= 0.3 is 0 Å². The molecular weight excluding hydrogens is 570 g/mol. The van der Waals surface area contributed by atoms with Crippen molar-refractivity contribution in [2.24, 2.45) is 35.5 Å². The lowest BCUT2D eigenvalue weighted by Gasteiger charge is -2.67. The summed E-state index contributed by atoms with van der Waals surface area (Å²) >= 11 is 0. The van der Waals surface area contributed by atoms with Gasteiger partial charge in [-0.2, -0.15) is 0 Å². The van der Waals surface area contributed by atoms with E-state index in [0.29, 0.717) is 10.3 Å². The van der Waals surface area contributed by atoms with E-state index >= 15 is 0 Å². The highest BCUT2D eigenvalue weighted by Gasteiger charge is 2.62. The number of nitrogens with one attached hydrogen (secondary N) is 2. The minimum Gasteiger partial charge on any atom is -0.364 e. The van der Waals surface area contributed by atoms with Gasteiger partial charge in [0.2, 0.25) is 0 Å². The summed E-state index contributed by atoms with van der Waals surface area (Å²) in [6.45, 7) is 7.16. The van der Waals surface area contributed by atoms with Gasteiger partial charge in [-0.05, 0) is 175 Å². The van der Waals surface area contributed by atoms with Crippen molar-refractivity contribution in [3.63, 3.8) is 0 Å². The Kier molecular flexibility index (Phi) is 6.60. The van der Waals surface area contributed by atoms with Gasteiger partial charge in [0.25, 0.3) is 0 Å². The Hall–Kier alpha value is -1.36. The smallest absolute Gasteiger partial charge is 0.0891 e. The topological polar surface area (TPSA) is 31.6 Å². The predicted molar refractivity (Wildman–Crippen MR) is 189 cm³/mol. The first kappa shape index (κ1) is 28.8. The molecule has 1 unspecified atom stereocenters. The SMILES string of the molecule is CC(C)(C)c1ccc(CP(C23CC4CC(CC(C4)C2)C3)C23CC4CC(CC(C4)C2)C3)c(C(P)(c2ccc[nH]2)c2ccc[nH]2)c1. The van der Waals surface area contributed by atoms with E-state index in [4.69, 9.17) is 0 Å². The highest BCUT2D eigenvalue weighted by atomic mass is 31.1. The third-order valence-corrected chi connectivity index (χ3v) is 18.9. The molecule has 11 rings (SSSR count). The molecular formula is C40H54N2P2. The Morgan fingerprint density at radius 1 is 0.682 bits per heavy atom. The Labute approximate surface area is 269 Å². The van der Waals surface area contributed by atoms with E-state index in [-0.39, 0.29) is 18.5 Å². The third kappa shape index (κ3) is 4.46. The van der Waals surface area contributed by atoms with E-state index in [9.17, 15) is 0 Å². The predicted octanol–water partition coefficient (Wildman–Crippen LogP) is 10.7. The van der Waals surface area contributed by atoms with Gasteiger partial charge in [0.15, 0.2) is 0 Å². The van der Waals surface area contributed by atoms with E-state index in [1.165, 1.54) is 28.7 Å². The summed E-state index contributed by atoms with van der Waals surface area (Å²) in [6, 6.07) is 16.7. The maximum Gasteiger partial charge on any atom is 0.0891 e. The highest BCUT2D eigenvalue weighted by Crippen LogP contribution is 2.80. The van der Waals surface area contributed by atoms with Crippen molar-refractivity contribution in [1.82, 2.24) is 9.97 Å². The number of aromatic nitrogens is 2. The van der Waals surface area contributed by atoms with Gasteiger partial charge in [0.05, 0.1) is 5.16 Å². The third-order valence-electron chi connectivity index (χ3n) is 13.9. The quantitative estimate of drug-likeness (QED) is 0.245. The summed E-state index contributed by atoms with van der Waals surface area (Å²) in [6.07, 6.45) is 24.3. The molecule has 0 spiro atoms. The first-order valence-electron chi connectivity index (χ1n) is 18.1. The molecule has 8 aliphatic rings. The second-order valence-corrected chi connectivity index (χ2v) is 21.9. The minimum atomic E-state index is -0.326. The molecule has 2 N–H and O–H groups in total. The lowest BCUT2D eigenvalue weighted by molar-refractivity contribution is 0.0184. The fourth-order valence-corrected chi connectivity index (χ4v) is 18.7. The zero-order chi connectivity index (χ0) is 29.9. The van der Waals surface area contributed by atoms with Crippen molar-refractivity contribution in [2.75, 3.05) is 0 Å². The van der Waals surface area contributed by atoms with E-state index in [2.05, 4.69) is 94.8 Å². The number of benzene rings is 1. The summed E-state index contributed by atoms with van der Waals surface area (Å²) in [4.78, 5) is 7.37. The molecule has 0 amide bonds. The molecule has 8 bridgehead atoms. The second kappa shape index (κ2) is 10.1. The average molecular weight is 625 g/mol. The molecule has 234 valence electrons. The molecule has 1 aromatic carbocycles. The number of hydrogen-bond donors (Lipinski definition) is 2. The van der Waals surface area contributed by atoms with Crippen molar-refractivity contribution >= 4 is 17.2 Å². The maximum atomic E-state index is 3.68. The van der Waals surface area contributed by atoms with Crippen LogP contribution in [0.15, 0.2) is 54.9 Å². The monoisotopic (exact) mass is 624 g/mol. The zero-order valence-electron chi connectivity index (χ0n) is 27.4. The van der Waals surface area contributed by atoms with Crippen LogP contribution < -0.4 is 0 Å². The Bertz CT molecular complexity index is 1360. The van der Waals surface area contributed by atoms with Gasteiger partial charge < -0.3 is 9.97 Å². The maximum absolute atomic E-state index is 3.68. The molecule has 44 heavy (non-hydrogen) atoms. The molecule has 0 radical (unpaired) electrons. The summed E-state index contributed by atoms with van der Waals surface area (Å²) in [5.74, 6) is 6.18. The van der Waals surface area contributed by atoms with Crippen molar-refractivity contribution in [3.05, 3.63) is 82.9 Å². The lowest BCUT2D eigenvalue weighted by Crippen LogP contribution is -2.56. The van der Waals surface area contributed by atoms with Gasteiger partial charge in [0, 0.05) is 23.8 Å². The van der Waals surface area contributed by atoms with Crippen molar-refractivity contribution < 1.29 is 0 Å². The molecule has 0 aliphatic heterocycles. The Morgan fingerprint density at radius 2 is 1.11 bits per heavy atom. The summed E-state index contributed by atoms with van der Waals surface area (Å²) in [7, 11) is 3.25. The average Bonchev–Trinajstić information content (AvgIpc) is 3.69. The van der Waals surface area contributed by atoms with Gasteiger partial charge in [0.1, 0.15) is 0 Å². The minimum absolute atomic E-state index is 0.106. The largest absolute Gasteiger partial charge is 0.364 e. The van der Waals surface area contributed by atoms with Gasteiger partial charge in [-0.15, -0.1) is 9.24 Å². The van der Waals surface area contributed by atoms with Crippen LogP contribution in [0.3, 0.4) is 0 Å². The van der Waals surface area contributed by atoms with Crippen LogP contribution in [0.2, 0.25) is 0 Å². The molecule has 0 saturated heterocycles. The van der Waals surface area contributed by atoms with Crippen LogP contribution in [0.1, 0.15) is 126 Å². The Morgan fingerprint density at radius 3 is 1.48 bits per heavy atom. The molecule has 8 fully saturated rings. The summed E-state index contributed by atoms with van der Waals surface area (Å²) < 4.78 is 0. The fourth-order valence-electron chi connectivity index (χ4n) is 12.9. The standard InChI is InChI=1S/C40H54N2P2/c1-37(2,3)33-9-8-32(34(18-33)40(43,35-6-4-10-41-35)36-7-5-11-42-36)25-44(38-19-26-12-27(20-38)14-28(13-26)21-38)39-22-29-15-30(23-39)17-31(16-29)24-39/h4-11,18,26-31,41-42H,12-17,19-25,43H2,1-3H3. The molecule has 2 nitrogen and oxygen atoms in total. The van der Waals surface area contributed by atoms with E-state index < -0.39 is 0 Å². The van der Waals surface area contributed by atoms with Crippen molar-refractivity contribution in [2.45, 2.75) is 125 Å². The van der Waals surface area contributed by atoms with Crippen LogP contribution >= 0.6 is 17.2 Å². The molecule has 8 aliphatic carbocycles. The zero-order valence-corrected chi connectivity index (χ0v) is 29.4. The first-order valence-corrected chi connectivity index (χ1v) is 20.2. The molecule has 3 aromatic rings. The van der Waals surface area contributed by atoms with Crippen molar-refractivity contribution in [1.29, 1.82) is 0 Å². The number of hydrogen-bond acceptors (Lipinski definition) is 0. The number of rotatable bonds is 7. The van der Waals surface area contributed by atoms with Crippen molar-refractivity contribution in [3.8, 4) is 0 Å². The molecule has 1 atom stereocenters. The number of H-pyrrole nitrogens is 2. The van der Waals surface area contributed by atoms with E-state index in [1.54, 1.807) is 82.6 Å². The Balaban J connectivity index is 1.22. The van der Waals surface area contributed by atoms with Crippen LogP contribution in [0, 0.1) is 35.5 Å². The molecule has 2 heterocycles. The van der Waals surface area contributed by atoms with Gasteiger partial charge in [-0.3, -0.25) is 0 Å². The van der Waals surface area contributed by atoms with E-state index in [1.807, 2.05) is 0 Å². The fraction of sp³-hybridized carbons (Fsp3) is 0.650. The van der Waals surface area contributed by atoms with Crippen LogP contribution in [-0.2, 0) is 16.7 Å². The normalized spacial score (nSPS) is 38.0. The summed E-state index contributed by atoms with van der Waals surface area (Å²) in [5, 5.41) is 0.948. The first-order chi connectivity index (χ1) is 21.1. The van der Waals surface area contributed by atoms with Gasteiger partial charge in [-0.25, -0.2) is 0 Å². The molecule has 4 heteroatoms. The molecule has 2 aromatic heterocycles.